The summed E-state index contributed by atoms with van der Waals surface area (Å²) >= 11 is 0. The monoisotopic (exact) mass is 307 g/mol. The van der Waals surface area contributed by atoms with Crippen molar-refractivity contribution >= 4 is 23.0 Å². The molecule has 3 aromatic rings. The lowest BCUT2D eigenvalue weighted by molar-refractivity contribution is 0.0957. The molecule has 2 N–H and O–H groups in total. The summed E-state index contributed by atoms with van der Waals surface area (Å²) in [6.45, 7) is 2.54. The maximum absolute atomic E-state index is 12.2. The fraction of sp³-hybridized carbons (Fsp3) is 0.111. The molecular formula is C18H17N3O2. The molecule has 0 saturated heterocycles. The summed E-state index contributed by atoms with van der Waals surface area (Å²) in [5.74, 6) is 0.527. The Hall–Kier alpha value is -3.08. The molecule has 0 atom stereocenters. The topological polar surface area (TPSA) is 66.5 Å². The van der Waals surface area contributed by atoms with Gasteiger partial charge in [0.2, 0.25) is 0 Å². The van der Waals surface area contributed by atoms with E-state index in [0.717, 1.165) is 22.2 Å². The predicted octanol–water partition coefficient (Wildman–Crippen LogP) is 3.33. The predicted molar refractivity (Wildman–Crippen MR) is 91.0 cm³/mol. The molecule has 0 radical (unpaired) electrons. The maximum atomic E-state index is 12.2. The van der Waals surface area contributed by atoms with Gasteiger partial charge in [-0.25, -0.2) is 5.43 Å². The normalized spacial score (nSPS) is 11.0. The molecule has 1 amide bonds. The van der Waals surface area contributed by atoms with E-state index in [1.807, 2.05) is 55.5 Å². The molecule has 0 aliphatic rings. The Morgan fingerprint density at radius 3 is 3.00 bits per heavy atom. The molecule has 5 heteroatoms. The van der Waals surface area contributed by atoms with Crippen LogP contribution in [0.4, 0.5) is 0 Å². The lowest BCUT2D eigenvalue weighted by atomic mass is 10.2. The van der Waals surface area contributed by atoms with Gasteiger partial charge in [-0.2, -0.15) is 5.10 Å². The Morgan fingerprint density at radius 1 is 1.26 bits per heavy atom. The quantitative estimate of drug-likeness (QED) is 0.561. The third-order valence-electron chi connectivity index (χ3n) is 3.38. The minimum atomic E-state index is -0.250. The van der Waals surface area contributed by atoms with Gasteiger partial charge < -0.3 is 9.72 Å². The summed E-state index contributed by atoms with van der Waals surface area (Å²) in [4.78, 5) is 15.3. The maximum Gasteiger partial charge on any atom is 0.273 e. The number of hydrogen-bond acceptors (Lipinski definition) is 3. The van der Waals surface area contributed by atoms with E-state index < -0.39 is 0 Å². The highest BCUT2D eigenvalue weighted by atomic mass is 16.5. The summed E-state index contributed by atoms with van der Waals surface area (Å²) in [7, 11) is 0. The summed E-state index contributed by atoms with van der Waals surface area (Å²) in [5.41, 5.74) is 4.90. The molecule has 0 aliphatic carbocycles. The van der Waals surface area contributed by atoms with Gasteiger partial charge in [-0.05, 0) is 30.7 Å². The molecule has 0 saturated carbocycles. The van der Waals surface area contributed by atoms with Crippen molar-refractivity contribution in [1.82, 2.24) is 10.4 Å². The number of carbonyl (C=O) groups is 1. The number of nitrogens with zero attached hydrogens (tertiary/aromatic N) is 1. The van der Waals surface area contributed by atoms with Crippen LogP contribution in [0.5, 0.6) is 5.75 Å². The van der Waals surface area contributed by atoms with Crippen LogP contribution in [0.3, 0.4) is 0 Å². The van der Waals surface area contributed by atoms with Crippen LogP contribution in [-0.4, -0.2) is 23.7 Å². The number of hydrazone groups is 1. The zero-order valence-corrected chi connectivity index (χ0v) is 12.7. The Morgan fingerprint density at radius 2 is 2.13 bits per heavy atom. The largest absolute Gasteiger partial charge is 0.494 e. The van der Waals surface area contributed by atoms with Crippen molar-refractivity contribution in [3.63, 3.8) is 0 Å². The van der Waals surface area contributed by atoms with E-state index in [1.54, 1.807) is 12.4 Å². The number of benzene rings is 2. The number of nitrogens with one attached hydrogen (secondary N) is 2. The molecule has 23 heavy (non-hydrogen) atoms. The number of H-pyrrole nitrogens is 1. The number of carbonyl (C=O) groups excluding carboxylic acids is 1. The van der Waals surface area contributed by atoms with Crippen molar-refractivity contribution in [2.75, 3.05) is 6.61 Å². The number of para-hydroxylation sites is 1. The third kappa shape index (κ3) is 3.40. The zero-order valence-electron chi connectivity index (χ0n) is 12.7. The molecule has 0 aliphatic heterocycles. The number of aromatic amines is 1. The lowest BCUT2D eigenvalue weighted by Gasteiger charge is -2.03. The average molecular weight is 307 g/mol. The second kappa shape index (κ2) is 6.79. The van der Waals surface area contributed by atoms with Gasteiger partial charge in [-0.1, -0.05) is 30.3 Å². The molecule has 0 fully saturated rings. The third-order valence-corrected chi connectivity index (χ3v) is 3.38. The standard InChI is InChI=1S/C18H17N3O2/c1-2-23-14-7-5-6-13(10-14)11-20-21-18(22)16-12-19-17-9-4-3-8-15(16)17/h3-12,19H,2H2,1H3,(H,21,22)/b20-11-. The smallest absolute Gasteiger partial charge is 0.273 e. The first-order valence-electron chi connectivity index (χ1n) is 7.40. The van der Waals surface area contributed by atoms with Gasteiger partial charge in [-0.3, -0.25) is 4.79 Å². The van der Waals surface area contributed by atoms with Crippen LogP contribution in [0.25, 0.3) is 10.9 Å². The minimum absolute atomic E-state index is 0.250. The van der Waals surface area contributed by atoms with E-state index in [2.05, 4.69) is 15.5 Å². The van der Waals surface area contributed by atoms with Crippen molar-refractivity contribution in [2.45, 2.75) is 6.92 Å². The summed E-state index contributed by atoms with van der Waals surface area (Å²) in [6, 6.07) is 15.2. The Balaban J connectivity index is 1.70. The average Bonchev–Trinajstić information content (AvgIpc) is 2.99. The molecule has 0 spiro atoms. The Bertz CT molecular complexity index is 852. The van der Waals surface area contributed by atoms with Gasteiger partial charge in [0.25, 0.3) is 5.91 Å². The highest BCUT2D eigenvalue weighted by Crippen LogP contribution is 2.17. The van der Waals surface area contributed by atoms with Gasteiger partial charge in [-0.15, -0.1) is 0 Å². The van der Waals surface area contributed by atoms with Crippen LogP contribution in [0, 0.1) is 0 Å². The molecule has 5 nitrogen and oxygen atoms in total. The van der Waals surface area contributed by atoms with Crippen molar-refractivity contribution in [3.05, 3.63) is 65.9 Å². The molecule has 3 rings (SSSR count). The number of aromatic nitrogens is 1. The molecular weight excluding hydrogens is 290 g/mol. The molecule has 0 bridgehead atoms. The van der Waals surface area contributed by atoms with Crippen LogP contribution < -0.4 is 10.2 Å². The Kier molecular flexibility index (Phi) is 4.38. The van der Waals surface area contributed by atoms with Gasteiger partial charge in [0.15, 0.2) is 0 Å². The SMILES string of the molecule is CCOc1cccc(/C=N\NC(=O)c2c[nH]c3ccccc23)c1. The highest BCUT2D eigenvalue weighted by molar-refractivity contribution is 6.06. The van der Waals surface area contributed by atoms with Crippen molar-refractivity contribution in [3.8, 4) is 5.75 Å². The van der Waals surface area contributed by atoms with E-state index in [-0.39, 0.29) is 5.91 Å². The summed E-state index contributed by atoms with van der Waals surface area (Å²) in [6.07, 6.45) is 3.28. The Labute approximate surface area is 134 Å². The van der Waals surface area contributed by atoms with Gasteiger partial charge >= 0.3 is 0 Å². The minimum Gasteiger partial charge on any atom is -0.494 e. The fourth-order valence-electron chi connectivity index (χ4n) is 2.34. The first kappa shape index (κ1) is 14.8. The fourth-order valence-corrected chi connectivity index (χ4v) is 2.34. The van der Waals surface area contributed by atoms with Crippen LogP contribution in [0.1, 0.15) is 22.8 Å². The first-order valence-corrected chi connectivity index (χ1v) is 7.40. The molecule has 1 heterocycles. The van der Waals surface area contributed by atoms with Gasteiger partial charge in [0, 0.05) is 17.1 Å². The van der Waals surface area contributed by atoms with E-state index in [0.29, 0.717) is 12.2 Å². The lowest BCUT2D eigenvalue weighted by Crippen LogP contribution is -2.17. The van der Waals surface area contributed by atoms with Crippen LogP contribution >= 0.6 is 0 Å². The number of rotatable bonds is 5. The number of ether oxygens (including phenoxy) is 1. The summed E-state index contributed by atoms with van der Waals surface area (Å²) < 4.78 is 5.43. The van der Waals surface area contributed by atoms with E-state index >= 15 is 0 Å². The summed E-state index contributed by atoms with van der Waals surface area (Å²) in [5, 5.41) is 4.89. The zero-order chi connectivity index (χ0) is 16.1. The van der Waals surface area contributed by atoms with E-state index in [9.17, 15) is 4.79 Å². The number of hydrogen-bond donors (Lipinski definition) is 2. The second-order valence-electron chi connectivity index (χ2n) is 4.95. The van der Waals surface area contributed by atoms with Crippen molar-refractivity contribution in [2.24, 2.45) is 5.10 Å². The molecule has 0 unspecified atom stereocenters. The van der Waals surface area contributed by atoms with E-state index in [1.165, 1.54) is 0 Å². The van der Waals surface area contributed by atoms with Gasteiger partial charge in [0.1, 0.15) is 5.75 Å². The van der Waals surface area contributed by atoms with Crippen LogP contribution in [0.15, 0.2) is 59.8 Å². The highest BCUT2D eigenvalue weighted by Gasteiger charge is 2.10. The number of amides is 1. The molecule has 2 aromatic carbocycles. The number of fused-ring (bicyclic) bond motifs is 1. The van der Waals surface area contributed by atoms with E-state index in [4.69, 9.17) is 4.74 Å². The van der Waals surface area contributed by atoms with Crippen LogP contribution in [0.2, 0.25) is 0 Å². The molecule has 1 aromatic heterocycles. The van der Waals surface area contributed by atoms with Crippen molar-refractivity contribution < 1.29 is 9.53 Å². The van der Waals surface area contributed by atoms with Crippen LogP contribution in [-0.2, 0) is 0 Å². The second-order valence-corrected chi connectivity index (χ2v) is 4.95. The van der Waals surface area contributed by atoms with Gasteiger partial charge in [0.05, 0.1) is 18.4 Å². The first-order chi connectivity index (χ1) is 11.3. The van der Waals surface area contributed by atoms with Crippen molar-refractivity contribution in [1.29, 1.82) is 0 Å². The molecule has 116 valence electrons.